The van der Waals surface area contributed by atoms with Crippen molar-refractivity contribution in [2.45, 2.75) is 6.54 Å². The van der Waals surface area contributed by atoms with Gasteiger partial charge in [0.1, 0.15) is 5.82 Å². The van der Waals surface area contributed by atoms with Gasteiger partial charge >= 0.3 is 0 Å². The first-order valence-electron chi connectivity index (χ1n) is 4.92. The second-order valence-corrected chi connectivity index (χ2v) is 3.76. The van der Waals surface area contributed by atoms with Crippen LogP contribution in [0.5, 0.6) is 0 Å². The zero-order valence-corrected chi connectivity index (χ0v) is 9.28. The van der Waals surface area contributed by atoms with Crippen LogP contribution in [0.25, 0.3) is 0 Å². The van der Waals surface area contributed by atoms with Gasteiger partial charge in [0.2, 0.25) is 0 Å². The topological polar surface area (TPSA) is 29.9 Å². The molecule has 0 spiro atoms. The molecule has 0 atom stereocenters. The molecule has 1 aromatic heterocycles. The van der Waals surface area contributed by atoms with Gasteiger partial charge in [0.25, 0.3) is 0 Å². The summed E-state index contributed by atoms with van der Waals surface area (Å²) in [6.07, 6.45) is 3.57. The van der Waals surface area contributed by atoms with E-state index in [0.29, 0.717) is 23.8 Å². The van der Waals surface area contributed by atoms with Gasteiger partial charge in [-0.1, -0.05) is 11.6 Å². The molecule has 0 radical (unpaired) electrons. The first-order chi connectivity index (χ1) is 7.75. The highest BCUT2D eigenvalue weighted by molar-refractivity contribution is 6.30. The Hall–Kier alpha value is -1.55. The minimum Gasteiger partial charge on any atom is -0.381 e. The van der Waals surface area contributed by atoms with Crippen LogP contribution >= 0.6 is 11.6 Å². The number of rotatable bonds is 4. The molecule has 84 valence electrons. The summed E-state index contributed by atoms with van der Waals surface area (Å²) in [6.45, 7) is 1.28. The normalized spacial score (nSPS) is 10.4. The molecule has 5 heteroatoms. The van der Waals surface area contributed by atoms with E-state index in [2.05, 4.69) is 10.4 Å². The Balaban J connectivity index is 1.92. The SMILES string of the molecule is Fc1ccc(Cl)cc1NCCn1cccn1. The summed E-state index contributed by atoms with van der Waals surface area (Å²) in [5, 5.41) is 7.53. The third kappa shape index (κ3) is 2.73. The maximum Gasteiger partial charge on any atom is 0.146 e. The third-order valence-corrected chi connectivity index (χ3v) is 2.38. The Morgan fingerprint density at radius 3 is 3.06 bits per heavy atom. The fourth-order valence-corrected chi connectivity index (χ4v) is 1.54. The molecule has 1 heterocycles. The first-order valence-corrected chi connectivity index (χ1v) is 5.30. The van der Waals surface area contributed by atoms with Crippen LogP contribution in [0.4, 0.5) is 10.1 Å². The quantitative estimate of drug-likeness (QED) is 0.889. The lowest BCUT2D eigenvalue weighted by molar-refractivity contribution is 0.618. The highest BCUT2D eigenvalue weighted by Crippen LogP contribution is 2.19. The summed E-state index contributed by atoms with van der Waals surface area (Å²) in [7, 11) is 0. The highest BCUT2D eigenvalue weighted by atomic mass is 35.5. The molecule has 0 unspecified atom stereocenters. The third-order valence-electron chi connectivity index (χ3n) is 2.14. The largest absolute Gasteiger partial charge is 0.381 e. The van der Waals surface area contributed by atoms with Crippen molar-refractivity contribution in [3.8, 4) is 0 Å². The number of hydrogen-bond acceptors (Lipinski definition) is 2. The lowest BCUT2D eigenvalue weighted by atomic mass is 10.3. The van der Waals surface area contributed by atoms with Crippen molar-refractivity contribution in [2.24, 2.45) is 0 Å². The summed E-state index contributed by atoms with van der Waals surface area (Å²) in [6, 6.07) is 6.29. The first kappa shape index (κ1) is 11.0. The molecule has 0 saturated carbocycles. The van der Waals surface area contributed by atoms with Gasteiger partial charge in [0.05, 0.1) is 12.2 Å². The molecular weight excluding hydrogens is 229 g/mol. The Kier molecular flexibility index (Phi) is 3.41. The fraction of sp³-hybridized carbons (Fsp3) is 0.182. The van der Waals surface area contributed by atoms with Gasteiger partial charge in [-0.2, -0.15) is 5.10 Å². The number of halogens is 2. The smallest absolute Gasteiger partial charge is 0.146 e. The molecule has 1 aromatic carbocycles. The van der Waals surface area contributed by atoms with Crippen molar-refractivity contribution in [3.63, 3.8) is 0 Å². The molecule has 1 N–H and O–H groups in total. The maximum atomic E-state index is 13.3. The van der Waals surface area contributed by atoms with Crippen molar-refractivity contribution in [1.82, 2.24) is 9.78 Å². The van der Waals surface area contributed by atoms with E-state index >= 15 is 0 Å². The van der Waals surface area contributed by atoms with E-state index in [0.717, 1.165) is 0 Å². The van der Waals surface area contributed by atoms with E-state index in [1.54, 1.807) is 16.9 Å². The molecular formula is C11H11ClFN3. The van der Waals surface area contributed by atoms with Gasteiger partial charge in [-0.05, 0) is 24.3 Å². The van der Waals surface area contributed by atoms with E-state index in [9.17, 15) is 4.39 Å². The Bertz CT molecular complexity index is 456. The lowest BCUT2D eigenvalue weighted by Gasteiger charge is -2.07. The zero-order valence-electron chi connectivity index (χ0n) is 8.53. The van der Waals surface area contributed by atoms with Crippen molar-refractivity contribution in [2.75, 3.05) is 11.9 Å². The molecule has 16 heavy (non-hydrogen) atoms. The van der Waals surface area contributed by atoms with E-state index in [4.69, 9.17) is 11.6 Å². The Labute approximate surface area is 97.8 Å². The van der Waals surface area contributed by atoms with Gasteiger partial charge in [-0.3, -0.25) is 4.68 Å². The van der Waals surface area contributed by atoms with Crippen LogP contribution in [-0.4, -0.2) is 16.3 Å². The van der Waals surface area contributed by atoms with Gasteiger partial charge in [-0.25, -0.2) is 4.39 Å². The summed E-state index contributed by atoms with van der Waals surface area (Å²) >= 11 is 5.77. The molecule has 0 aliphatic rings. The minimum atomic E-state index is -0.301. The lowest BCUT2D eigenvalue weighted by Crippen LogP contribution is -2.11. The molecule has 2 rings (SSSR count). The standard InChI is InChI=1S/C11H11ClFN3/c12-9-2-3-10(13)11(8-9)14-5-7-16-6-1-4-15-16/h1-4,6,8,14H,5,7H2. The van der Waals surface area contributed by atoms with Crippen LogP contribution in [-0.2, 0) is 6.54 Å². The minimum absolute atomic E-state index is 0.301. The molecule has 0 bridgehead atoms. The van der Waals surface area contributed by atoms with E-state index in [-0.39, 0.29) is 5.82 Å². The number of benzene rings is 1. The summed E-state index contributed by atoms with van der Waals surface area (Å²) in [5.74, 6) is -0.301. The van der Waals surface area contributed by atoms with Crippen molar-refractivity contribution >= 4 is 17.3 Å². The maximum absolute atomic E-state index is 13.3. The number of anilines is 1. The molecule has 0 fully saturated rings. The monoisotopic (exact) mass is 239 g/mol. The summed E-state index contributed by atoms with van der Waals surface area (Å²) in [5.41, 5.74) is 0.416. The van der Waals surface area contributed by atoms with Crippen LogP contribution in [0, 0.1) is 5.82 Å². The molecule has 0 aliphatic carbocycles. The van der Waals surface area contributed by atoms with Crippen molar-refractivity contribution < 1.29 is 4.39 Å². The zero-order chi connectivity index (χ0) is 11.4. The van der Waals surface area contributed by atoms with Gasteiger partial charge in [0, 0.05) is 24.0 Å². The van der Waals surface area contributed by atoms with E-state index in [1.165, 1.54) is 12.1 Å². The number of nitrogens with zero attached hydrogens (tertiary/aromatic N) is 2. The average Bonchev–Trinajstić information content (AvgIpc) is 2.76. The molecule has 0 aliphatic heterocycles. The predicted molar refractivity (Wildman–Crippen MR) is 62.1 cm³/mol. The second-order valence-electron chi connectivity index (χ2n) is 3.32. The molecule has 0 amide bonds. The highest BCUT2D eigenvalue weighted by Gasteiger charge is 2.01. The van der Waals surface area contributed by atoms with Crippen LogP contribution in [0.1, 0.15) is 0 Å². The number of aromatic nitrogens is 2. The van der Waals surface area contributed by atoms with Crippen LogP contribution in [0.2, 0.25) is 5.02 Å². The average molecular weight is 240 g/mol. The van der Waals surface area contributed by atoms with Gasteiger partial charge in [-0.15, -0.1) is 0 Å². The number of hydrogen-bond donors (Lipinski definition) is 1. The number of nitrogens with one attached hydrogen (secondary N) is 1. The predicted octanol–water partition coefficient (Wildman–Crippen LogP) is 2.79. The van der Waals surface area contributed by atoms with Gasteiger partial charge in [0.15, 0.2) is 0 Å². The molecule has 0 saturated heterocycles. The van der Waals surface area contributed by atoms with Crippen LogP contribution < -0.4 is 5.32 Å². The molecule has 3 nitrogen and oxygen atoms in total. The van der Waals surface area contributed by atoms with Crippen LogP contribution in [0.15, 0.2) is 36.7 Å². The Morgan fingerprint density at radius 2 is 2.31 bits per heavy atom. The van der Waals surface area contributed by atoms with E-state index < -0.39 is 0 Å². The fourth-order valence-electron chi connectivity index (χ4n) is 1.37. The summed E-state index contributed by atoms with van der Waals surface area (Å²) in [4.78, 5) is 0. The van der Waals surface area contributed by atoms with Crippen molar-refractivity contribution in [1.29, 1.82) is 0 Å². The van der Waals surface area contributed by atoms with Gasteiger partial charge < -0.3 is 5.32 Å². The van der Waals surface area contributed by atoms with Crippen LogP contribution in [0.3, 0.4) is 0 Å². The Morgan fingerprint density at radius 1 is 1.44 bits per heavy atom. The molecule has 2 aromatic rings. The van der Waals surface area contributed by atoms with E-state index in [1.807, 2.05) is 12.3 Å². The second kappa shape index (κ2) is 4.99. The summed E-state index contributed by atoms with van der Waals surface area (Å²) < 4.78 is 15.1. The van der Waals surface area contributed by atoms with Crippen molar-refractivity contribution in [3.05, 3.63) is 47.5 Å².